The van der Waals surface area contributed by atoms with Crippen molar-refractivity contribution in [2.24, 2.45) is 7.05 Å². The van der Waals surface area contributed by atoms with Gasteiger partial charge in [0.05, 0.1) is 6.20 Å². The first kappa shape index (κ1) is 15.4. The van der Waals surface area contributed by atoms with Gasteiger partial charge >= 0.3 is 0 Å². The molecule has 3 heterocycles. The van der Waals surface area contributed by atoms with Gasteiger partial charge < -0.3 is 4.42 Å². The number of aromatic nitrogens is 3. The highest BCUT2D eigenvalue weighted by molar-refractivity contribution is 6.31. The standard InChI is InChI=1S/C18H19ClN4O/c1-12-9-20-18(24-12)17-14-11-23(8-7-16(14)22(2)21-17)10-13-5-3-4-6-15(13)19/h3-6,9H,7-8,10-11H2,1-2H3. The van der Waals surface area contributed by atoms with E-state index in [2.05, 4.69) is 21.0 Å². The van der Waals surface area contributed by atoms with Crippen molar-refractivity contribution in [2.45, 2.75) is 26.4 Å². The maximum absolute atomic E-state index is 6.31. The van der Waals surface area contributed by atoms with Gasteiger partial charge in [0.25, 0.3) is 0 Å². The Labute approximate surface area is 145 Å². The third-order valence-electron chi connectivity index (χ3n) is 4.50. The molecule has 0 saturated heterocycles. The number of benzene rings is 1. The Hall–Kier alpha value is -2.11. The normalized spacial score (nSPS) is 14.8. The number of hydrogen-bond donors (Lipinski definition) is 0. The largest absolute Gasteiger partial charge is 0.440 e. The minimum absolute atomic E-state index is 0.601. The van der Waals surface area contributed by atoms with E-state index in [-0.39, 0.29) is 0 Å². The van der Waals surface area contributed by atoms with E-state index >= 15 is 0 Å². The van der Waals surface area contributed by atoms with Crippen LogP contribution in [-0.2, 0) is 26.6 Å². The van der Waals surface area contributed by atoms with E-state index in [4.69, 9.17) is 16.0 Å². The Morgan fingerprint density at radius 3 is 2.88 bits per heavy atom. The van der Waals surface area contributed by atoms with Gasteiger partial charge in [0, 0.05) is 49.4 Å². The number of halogens is 1. The summed E-state index contributed by atoms with van der Waals surface area (Å²) < 4.78 is 7.65. The van der Waals surface area contributed by atoms with Crippen LogP contribution in [0.15, 0.2) is 34.9 Å². The second kappa shape index (κ2) is 6.07. The first-order valence-electron chi connectivity index (χ1n) is 8.05. The van der Waals surface area contributed by atoms with Gasteiger partial charge in [-0.1, -0.05) is 29.8 Å². The van der Waals surface area contributed by atoms with E-state index in [9.17, 15) is 0 Å². The molecule has 0 N–H and O–H groups in total. The number of hydrogen-bond acceptors (Lipinski definition) is 4. The number of rotatable bonds is 3. The van der Waals surface area contributed by atoms with Crippen molar-refractivity contribution >= 4 is 11.6 Å². The van der Waals surface area contributed by atoms with Crippen LogP contribution in [0.25, 0.3) is 11.6 Å². The van der Waals surface area contributed by atoms with Gasteiger partial charge in [-0.05, 0) is 18.6 Å². The zero-order chi connectivity index (χ0) is 16.7. The number of oxazole rings is 1. The third kappa shape index (κ3) is 2.74. The second-order valence-electron chi connectivity index (χ2n) is 6.23. The Bertz CT molecular complexity index is 883. The van der Waals surface area contributed by atoms with Crippen LogP contribution in [0.4, 0.5) is 0 Å². The molecule has 0 saturated carbocycles. The van der Waals surface area contributed by atoms with Crippen molar-refractivity contribution in [3.63, 3.8) is 0 Å². The first-order valence-corrected chi connectivity index (χ1v) is 8.43. The van der Waals surface area contributed by atoms with Gasteiger partial charge in [0.15, 0.2) is 5.69 Å². The molecule has 0 radical (unpaired) electrons. The van der Waals surface area contributed by atoms with Gasteiger partial charge in [-0.15, -0.1) is 0 Å². The molecule has 2 aromatic heterocycles. The predicted molar refractivity (Wildman–Crippen MR) is 92.7 cm³/mol. The lowest BCUT2D eigenvalue weighted by molar-refractivity contribution is 0.243. The van der Waals surface area contributed by atoms with Crippen LogP contribution < -0.4 is 0 Å². The Kier molecular flexibility index (Phi) is 3.90. The topological polar surface area (TPSA) is 47.1 Å². The summed E-state index contributed by atoms with van der Waals surface area (Å²) in [5.41, 5.74) is 4.47. The highest BCUT2D eigenvalue weighted by Crippen LogP contribution is 2.30. The molecule has 1 aliphatic heterocycles. The summed E-state index contributed by atoms with van der Waals surface area (Å²) in [5.74, 6) is 1.40. The lowest BCUT2D eigenvalue weighted by atomic mass is 10.0. The van der Waals surface area contributed by atoms with Crippen LogP contribution in [0.5, 0.6) is 0 Å². The lowest BCUT2D eigenvalue weighted by Gasteiger charge is -2.27. The molecule has 0 amide bonds. The monoisotopic (exact) mass is 342 g/mol. The second-order valence-corrected chi connectivity index (χ2v) is 6.63. The van der Waals surface area contributed by atoms with Crippen LogP contribution in [0, 0.1) is 6.92 Å². The minimum Gasteiger partial charge on any atom is -0.440 e. The molecule has 0 spiro atoms. The molecule has 1 aliphatic rings. The average molecular weight is 343 g/mol. The summed E-state index contributed by atoms with van der Waals surface area (Å²) in [5, 5.41) is 5.46. The van der Waals surface area contributed by atoms with E-state index in [1.807, 2.05) is 36.9 Å². The van der Waals surface area contributed by atoms with E-state index in [1.165, 1.54) is 11.3 Å². The van der Waals surface area contributed by atoms with Gasteiger partial charge in [0.1, 0.15) is 5.76 Å². The van der Waals surface area contributed by atoms with Gasteiger partial charge in [-0.25, -0.2) is 4.98 Å². The molecule has 0 aliphatic carbocycles. The van der Waals surface area contributed by atoms with Crippen molar-refractivity contribution in [3.8, 4) is 11.6 Å². The van der Waals surface area contributed by atoms with Crippen molar-refractivity contribution in [2.75, 3.05) is 6.54 Å². The molecular weight excluding hydrogens is 324 g/mol. The predicted octanol–water partition coefficient (Wildman–Crippen LogP) is 3.60. The molecule has 6 heteroatoms. The fraction of sp³-hybridized carbons (Fsp3) is 0.333. The number of fused-ring (bicyclic) bond motifs is 1. The molecular formula is C18H19ClN4O. The van der Waals surface area contributed by atoms with Gasteiger partial charge in [-0.2, -0.15) is 5.10 Å². The van der Waals surface area contributed by atoms with Gasteiger partial charge in [-0.3, -0.25) is 9.58 Å². The highest BCUT2D eigenvalue weighted by atomic mass is 35.5. The van der Waals surface area contributed by atoms with Crippen molar-refractivity contribution in [1.82, 2.24) is 19.7 Å². The van der Waals surface area contributed by atoms with Crippen molar-refractivity contribution in [3.05, 3.63) is 58.1 Å². The van der Waals surface area contributed by atoms with Crippen LogP contribution in [0.2, 0.25) is 5.02 Å². The Balaban J connectivity index is 1.63. The SMILES string of the molecule is Cc1cnc(-c2nn(C)c3c2CN(Cc2ccccc2Cl)CC3)o1. The fourth-order valence-corrected chi connectivity index (χ4v) is 3.48. The molecule has 0 unspecified atom stereocenters. The molecule has 3 aromatic rings. The quantitative estimate of drug-likeness (QED) is 0.729. The molecule has 0 bridgehead atoms. The van der Waals surface area contributed by atoms with Crippen LogP contribution in [-0.4, -0.2) is 26.2 Å². The van der Waals surface area contributed by atoms with Crippen LogP contribution in [0.1, 0.15) is 22.6 Å². The van der Waals surface area contributed by atoms with Crippen LogP contribution in [0.3, 0.4) is 0 Å². The summed E-state index contributed by atoms with van der Waals surface area (Å²) in [6.45, 7) is 4.54. The fourth-order valence-electron chi connectivity index (χ4n) is 3.29. The maximum atomic E-state index is 6.31. The number of nitrogens with zero attached hydrogens (tertiary/aromatic N) is 4. The molecule has 4 rings (SSSR count). The van der Waals surface area contributed by atoms with Crippen molar-refractivity contribution in [1.29, 1.82) is 0 Å². The molecule has 0 fully saturated rings. The van der Waals surface area contributed by atoms with Gasteiger partial charge in [0.2, 0.25) is 5.89 Å². The summed E-state index contributed by atoms with van der Waals surface area (Å²) in [6, 6.07) is 8.02. The van der Waals surface area contributed by atoms with E-state index in [0.29, 0.717) is 5.89 Å². The zero-order valence-electron chi connectivity index (χ0n) is 13.8. The summed E-state index contributed by atoms with van der Waals surface area (Å²) in [6.07, 6.45) is 2.70. The maximum Gasteiger partial charge on any atom is 0.247 e. The zero-order valence-corrected chi connectivity index (χ0v) is 14.5. The molecule has 5 nitrogen and oxygen atoms in total. The average Bonchev–Trinajstić information content (AvgIpc) is 3.13. The molecule has 1 aromatic carbocycles. The summed E-state index contributed by atoms with van der Waals surface area (Å²) >= 11 is 6.31. The summed E-state index contributed by atoms with van der Waals surface area (Å²) in [4.78, 5) is 6.74. The van der Waals surface area contributed by atoms with E-state index < -0.39 is 0 Å². The first-order chi connectivity index (χ1) is 11.6. The third-order valence-corrected chi connectivity index (χ3v) is 4.87. The summed E-state index contributed by atoms with van der Waals surface area (Å²) in [7, 11) is 1.99. The van der Waals surface area contributed by atoms with E-state index in [0.717, 1.165) is 48.1 Å². The highest BCUT2D eigenvalue weighted by Gasteiger charge is 2.26. The molecule has 124 valence electrons. The lowest BCUT2D eigenvalue weighted by Crippen LogP contribution is -2.30. The van der Waals surface area contributed by atoms with Crippen molar-refractivity contribution < 1.29 is 4.42 Å². The number of aryl methyl sites for hydroxylation is 2. The van der Waals surface area contributed by atoms with E-state index in [1.54, 1.807) is 6.20 Å². The van der Waals surface area contributed by atoms with Crippen LogP contribution >= 0.6 is 11.6 Å². The Morgan fingerprint density at radius 2 is 2.12 bits per heavy atom. The minimum atomic E-state index is 0.601. The molecule has 24 heavy (non-hydrogen) atoms. The molecule has 0 atom stereocenters. The Morgan fingerprint density at radius 1 is 1.29 bits per heavy atom. The smallest absolute Gasteiger partial charge is 0.247 e.